The second kappa shape index (κ2) is 5.04. The van der Waals surface area contributed by atoms with Crippen molar-refractivity contribution < 1.29 is 9.84 Å². The Kier molecular flexibility index (Phi) is 3.16. The van der Waals surface area contributed by atoms with Gasteiger partial charge in [0.25, 0.3) is 0 Å². The highest BCUT2D eigenvalue weighted by atomic mass is 79.9. The molecule has 2 aromatic rings. The van der Waals surface area contributed by atoms with Crippen LogP contribution in [0.1, 0.15) is 29.7 Å². The van der Waals surface area contributed by atoms with Crippen LogP contribution in [-0.2, 0) is 4.74 Å². The molecule has 0 aliphatic carbocycles. The van der Waals surface area contributed by atoms with E-state index in [2.05, 4.69) is 45.5 Å². The summed E-state index contributed by atoms with van der Waals surface area (Å²) in [6.07, 6.45) is 1.11. The van der Waals surface area contributed by atoms with Gasteiger partial charge in [-0.25, -0.2) is 0 Å². The molecule has 0 saturated carbocycles. The number of benzene rings is 2. The summed E-state index contributed by atoms with van der Waals surface area (Å²) >= 11 is 3.48. The van der Waals surface area contributed by atoms with E-state index in [9.17, 15) is 5.11 Å². The Morgan fingerprint density at radius 1 is 1.14 bits per heavy atom. The van der Waals surface area contributed by atoms with Gasteiger partial charge in [0.1, 0.15) is 5.75 Å². The number of nitrogens with one attached hydrogen (secondary N) is 1. The molecule has 2 N–H and O–H groups in total. The molecule has 2 aromatic carbocycles. The van der Waals surface area contributed by atoms with Crippen LogP contribution in [0.4, 0.5) is 5.69 Å². The van der Waals surface area contributed by atoms with Gasteiger partial charge >= 0.3 is 0 Å². The summed E-state index contributed by atoms with van der Waals surface area (Å²) in [6.45, 7) is 0.777. The number of anilines is 1. The summed E-state index contributed by atoms with van der Waals surface area (Å²) in [6, 6.07) is 14.2. The molecule has 0 spiro atoms. The van der Waals surface area contributed by atoms with E-state index in [1.807, 2.05) is 12.1 Å². The van der Waals surface area contributed by atoms with Crippen molar-refractivity contribution >= 4 is 21.6 Å². The highest BCUT2D eigenvalue weighted by molar-refractivity contribution is 9.10. The molecule has 2 aliphatic rings. The summed E-state index contributed by atoms with van der Waals surface area (Å²) in [5.74, 6) is 0.698. The SMILES string of the molecule is Oc1cccc2c1N[C@@H](c1ccc(Br)cc1)[C@H]1CCO[C@@H]21. The van der Waals surface area contributed by atoms with Crippen molar-refractivity contribution in [1.82, 2.24) is 0 Å². The number of hydrogen-bond acceptors (Lipinski definition) is 3. The second-order valence-corrected chi connectivity index (χ2v) is 6.57. The number of hydrogen-bond donors (Lipinski definition) is 2. The van der Waals surface area contributed by atoms with Gasteiger partial charge in [0.2, 0.25) is 0 Å². The molecular weight excluding hydrogens is 330 g/mol. The molecule has 2 aliphatic heterocycles. The fourth-order valence-electron chi connectivity index (χ4n) is 3.48. The van der Waals surface area contributed by atoms with Crippen LogP contribution in [0.5, 0.6) is 5.75 Å². The number of ether oxygens (including phenoxy) is 1. The zero-order chi connectivity index (χ0) is 14.4. The van der Waals surface area contributed by atoms with Crippen LogP contribution >= 0.6 is 15.9 Å². The Bertz CT molecular complexity index is 671. The molecule has 2 heterocycles. The average Bonchev–Trinajstić information content (AvgIpc) is 2.98. The van der Waals surface area contributed by atoms with Crippen LogP contribution in [0.25, 0.3) is 0 Å². The standard InChI is InChI=1S/C17H16BrNO2/c18-11-6-4-10(5-7-11)15-13-8-9-21-17(13)12-2-1-3-14(20)16(12)19-15/h1-7,13,15,17,19-20H,8-9H2/t13-,15+,17+/m1/s1. The Morgan fingerprint density at radius 3 is 2.76 bits per heavy atom. The first-order valence-electron chi connectivity index (χ1n) is 7.19. The smallest absolute Gasteiger partial charge is 0.139 e. The van der Waals surface area contributed by atoms with Gasteiger partial charge in [0, 0.05) is 22.6 Å². The number of fused-ring (bicyclic) bond motifs is 3. The molecule has 0 bridgehead atoms. The van der Waals surface area contributed by atoms with Gasteiger partial charge in [-0.15, -0.1) is 0 Å². The predicted octanol–water partition coefficient (Wildman–Crippen LogP) is 4.40. The topological polar surface area (TPSA) is 41.5 Å². The molecule has 4 rings (SSSR count). The Morgan fingerprint density at radius 2 is 1.95 bits per heavy atom. The zero-order valence-corrected chi connectivity index (χ0v) is 13.0. The third-order valence-electron chi connectivity index (χ3n) is 4.48. The molecule has 0 aromatic heterocycles. The summed E-state index contributed by atoms with van der Waals surface area (Å²) in [5, 5.41) is 13.7. The molecular formula is C17H16BrNO2. The number of para-hydroxylation sites is 1. The molecule has 1 fully saturated rings. The van der Waals surface area contributed by atoms with Crippen LogP contribution < -0.4 is 5.32 Å². The summed E-state index contributed by atoms with van der Waals surface area (Å²) < 4.78 is 7.03. The van der Waals surface area contributed by atoms with Crippen LogP contribution in [0, 0.1) is 5.92 Å². The third kappa shape index (κ3) is 2.14. The van der Waals surface area contributed by atoms with Crippen molar-refractivity contribution in [3.63, 3.8) is 0 Å². The van der Waals surface area contributed by atoms with Crippen LogP contribution in [0.2, 0.25) is 0 Å². The fourth-order valence-corrected chi connectivity index (χ4v) is 3.75. The van der Waals surface area contributed by atoms with Crippen LogP contribution in [0.3, 0.4) is 0 Å². The first-order chi connectivity index (χ1) is 10.2. The lowest BCUT2D eigenvalue weighted by atomic mass is 9.81. The van der Waals surface area contributed by atoms with E-state index >= 15 is 0 Å². The van der Waals surface area contributed by atoms with E-state index in [4.69, 9.17) is 4.74 Å². The maximum atomic E-state index is 10.2. The van der Waals surface area contributed by atoms with Crippen molar-refractivity contribution in [3.8, 4) is 5.75 Å². The molecule has 108 valence electrons. The van der Waals surface area contributed by atoms with Crippen molar-refractivity contribution in [3.05, 3.63) is 58.1 Å². The molecule has 4 heteroatoms. The van der Waals surface area contributed by atoms with E-state index in [-0.39, 0.29) is 12.1 Å². The number of phenolic OH excluding ortho intramolecular Hbond substituents is 1. The lowest BCUT2D eigenvalue weighted by Crippen LogP contribution is -2.29. The molecule has 21 heavy (non-hydrogen) atoms. The number of rotatable bonds is 1. The zero-order valence-electron chi connectivity index (χ0n) is 11.4. The lowest BCUT2D eigenvalue weighted by molar-refractivity contribution is 0.0826. The second-order valence-electron chi connectivity index (χ2n) is 5.66. The molecule has 1 saturated heterocycles. The van der Waals surface area contributed by atoms with Crippen molar-refractivity contribution in [2.75, 3.05) is 11.9 Å². The van der Waals surface area contributed by atoms with Gasteiger partial charge in [-0.2, -0.15) is 0 Å². The van der Waals surface area contributed by atoms with Gasteiger partial charge < -0.3 is 15.2 Å². The number of aromatic hydroxyl groups is 1. The monoisotopic (exact) mass is 345 g/mol. The molecule has 0 radical (unpaired) electrons. The van der Waals surface area contributed by atoms with Crippen molar-refractivity contribution in [1.29, 1.82) is 0 Å². The van der Waals surface area contributed by atoms with E-state index in [1.165, 1.54) is 5.56 Å². The maximum absolute atomic E-state index is 10.2. The fraction of sp³-hybridized carbons (Fsp3) is 0.294. The highest BCUT2D eigenvalue weighted by Gasteiger charge is 2.42. The minimum absolute atomic E-state index is 0.0713. The molecule has 3 nitrogen and oxygen atoms in total. The largest absolute Gasteiger partial charge is 0.506 e. The van der Waals surface area contributed by atoms with Crippen molar-refractivity contribution in [2.24, 2.45) is 5.92 Å². The van der Waals surface area contributed by atoms with Gasteiger partial charge in [0.15, 0.2) is 0 Å². The van der Waals surface area contributed by atoms with E-state index in [0.29, 0.717) is 11.7 Å². The first kappa shape index (κ1) is 13.2. The normalized spacial score (nSPS) is 26.8. The minimum atomic E-state index is 0.0713. The predicted molar refractivity (Wildman–Crippen MR) is 85.4 cm³/mol. The highest BCUT2D eigenvalue weighted by Crippen LogP contribution is 2.51. The molecule has 0 unspecified atom stereocenters. The van der Waals surface area contributed by atoms with E-state index in [0.717, 1.165) is 28.8 Å². The molecule has 0 amide bonds. The van der Waals surface area contributed by atoms with Gasteiger partial charge in [-0.1, -0.05) is 40.2 Å². The number of halogens is 1. The summed E-state index contributed by atoms with van der Waals surface area (Å²) in [4.78, 5) is 0. The summed E-state index contributed by atoms with van der Waals surface area (Å²) in [5.41, 5.74) is 3.12. The minimum Gasteiger partial charge on any atom is -0.506 e. The quantitative estimate of drug-likeness (QED) is 0.752. The Hall–Kier alpha value is -1.52. The van der Waals surface area contributed by atoms with Crippen LogP contribution in [0.15, 0.2) is 46.9 Å². The first-order valence-corrected chi connectivity index (χ1v) is 7.99. The van der Waals surface area contributed by atoms with Gasteiger partial charge in [-0.3, -0.25) is 0 Å². The van der Waals surface area contributed by atoms with Gasteiger partial charge in [0.05, 0.1) is 17.8 Å². The van der Waals surface area contributed by atoms with E-state index < -0.39 is 0 Å². The van der Waals surface area contributed by atoms with Crippen LogP contribution in [-0.4, -0.2) is 11.7 Å². The number of phenols is 1. The average molecular weight is 346 g/mol. The maximum Gasteiger partial charge on any atom is 0.139 e. The van der Waals surface area contributed by atoms with Crippen molar-refractivity contribution in [2.45, 2.75) is 18.6 Å². The third-order valence-corrected chi connectivity index (χ3v) is 5.00. The lowest BCUT2D eigenvalue weighted by Gasteiger charge is -2.36. The van der Waals surface area contributed by atoms with Gasteiger partial charge in [-0.05, 0) is 30.2 Å². The summed E-state index contributed by atoms with van der Waals surface area (Å²) in [7, 11) is 0. The van der Waals surface area contributed by atoms with E-state index in [1.54, 1.807) is 6.07 Å². The Balaban J connectivity index is 1.79. The molecule has 3 atom stereocenters. The Labute approximate surface area is 132 Å².